The zero-order valence-corrected chi connectivity index (χ0v) is 14.0. The zero-order valence-electron chi connectivity index (χ0n) is 14.0. The molecule has 1 fully saturated rings. The van der Waals surface area contributed by atoms with Crippen molar-refractivity contribution < 1.29 is 9.53 Å². The highest BCUT2D eigenvalue weighted by Gasteiger charge is 2.36. The maximum absolute atomic E-state index is 12.6. The van der Waals surface area contributed by atoms with E-state index in [1.165, 1.54) is 0 Å². The molecule has 5 heteroatoms. The molecule has 0 bridgehead atoms. The predicted octanol–water partition coefficient (Wildman–Crippen LogP) is 2.96. The molecule has 1 aromatic heterocycles. The van der Waals surface area contributed by atoms with E-state index in [2.05, 4.69) is 5.10 Å². The summed E-state index contributed by atoms with van der Waals surface area (Å²) in [5.41, 5.74) is 0.968. The number of amides is 1. The minimum atomic E-state index is -0.912. The van der Waals surface area contributed by atoms with E-state index in [0.29, 0.717) is 5.88 Å². The van der Waals surface area contributed by atoms with E-state index >= 15 is 0 Å². The van der Waals surface area contributed by atoms with Gasteiger partial charge in [0.05, 0.1) is 5.69 Å². The smallest absolute Gasteiger partial charge is 0.266 e. The first kappa shape index (κ1) is 15.6. The third-order valence-corrected chi connectivity index (χ3v) is 4.13. The summed E-state index contributed by atoms with van der Waals surface area (Å²) in [5, 5.41) is 4.50. The topological polar surface area (TPSA) is 47.4 Å². The van der Waals surface area contributed by atoms with Crippen LogP contribution in [0.1, 0.15) is 32.3 Å². The van der Waals surface area contributed by atoms with Gasteiger partial charge in [-0.15, -0.1) is 5.10 Å². The number of aromatic nitrogens is 2. The average molecular weight is 313 g/mol. The molecule has 1 aromatic carbocycles. The molecule has 0 saturated carbocycles. The molecule has 1 aliphatic rings. The molecule has 0 N–H and O–H groups in total. The van der Waals surface area contributed by atoms with Crippen molar-refractivity contribution in [3.05, 3.63) is 42.1 Å². The number of aryl methyl sites for hydroxylation is 1. The van der Waals surface area contributed by atoms with E-state index in [-0.39, 0.29) is 5.91 Å². The maximum Gasteiger partial charge on any atom is 0.266 e. The summed E-state index contributed by atoms with van der Waals surface area (Å²) in [6, 6.07) is 9.87. The number of para-hydroxylation sites is 1. The summed E-state index contributed by atoms with van der Waals surface area (Å²) in [6.45, 7) is 7.22. The van der Waals surface area contributed by atoms with Crippen molar-refractivity contribution in [3.8, 4) is 11.6 Å². The van der Waals surface area contributed by atoms with Gasteiger partial charge in [0.25, 0.3) is 5.91 Å². The van der Waals surface area contributed by atoms with Gasteiger partial charge in [-0.05, 0) is 45.7 Å². The van der Waals surface area contributed by atoms with Crippen LogP contribution in [0.15, 0.2) is 36.5 Å². The Morgan fingerprint density at radius 3 is 2.48 bits per heavy atom. The molecule has 2 aromatic rings. The van der Waals surface area contributed by atoms with Gasteiger partial charge in [-0.2, -0.15) is 0 Å². The second kappa shape index (κ2) is 6.07. The van der Waals surface area contributed by atoms with Gasteiger partial charge in [0, 0.05) is 24.8 Å². The third kappa shape index (κ3) is 3.23. The van der Waals surface area contributed by atoms with Gasteiger partial charge in [-0.1, -0.05) is 18.2 Å². The number of hydrogen-bond acceptors (Lipinski definition) is 3. The number of hydrogen-bond donors (Lipinski definition) is 0. The van der Waals surface area contributed by atoms with Crippen molar-refractivity contribution in [2.45, 2.75) is 39.2 Å². The van der Waals surface area contributed by atoms with Crippen LogP contribution >= 0.6 is 0 Å². The van der Waals surface area contributed by atoms with E-state index < -0.39 is 5.60 Å². The molecule has 0 unspecified atom stereocenters. The standard InChI is InChI=1S/C18H23N3O2/c1-14-13-21(15-9-5-4-6-10-15)19-16(14)23-18(2,3)17(22)20-11-7-8-12-20/h4-6,9-10,13H,7-8,11-12H2,1-3H3. The van der Waals surface area contributed by atoms with Crippen molar-refractivity contribution in [1.29, 1.82) is 0 Å². The second-order valence-corrected chi connectivity index (χ2v) is 6.51. The summed E-state index contributed by atoms with van der Waals surface area (Å²) >= 11 is 0. The fourth-order valence-electron chi connectivity index (χ4n) is 2.84. The van der Waals surface area contributed by atoms with Crippen molar-refractivity contribution in [1.82, 2.24) is 14.7 Å². The summed E-state index contributed by atoms with van der Waals surface area (Å²) in [7, 11) is 0. The van der Waals surface area contributed by atoms with Crippen LogP contribution in [0.2, 0.25) is 0 Å². The molecule has 1 saturated heterocycles. The number of benzene rings is 1. The number of carbonyl (C=O) groups excluding carboxylic acids is 1. The maximum atomic E-state index is 12.6. The summed E-state index contributed by atoms with van der Waals surface area (Å²) in [5.74, 6) is 0.537. The van der Waals surface area contributed by atoms with Crippen LogP contribution in [-0.2, 0) is 4.79 Å². The third-order valence-electron chi connectivity index (χ3n) is 4.13. The van der Waals surface area contributed by atoms with E-state index in [1.54, 1.807) is 4.68 Å². The van der Waals surface area contributed by atoms with Crippen molar-refractivity contribution in [2.75, 3.05) is 13.1 Å². The lowest BCUT2D eigenvalue weighted by Crippen LogP contribution is -2.48. The van der Waals surface area contributed by atoms with Gasteiger partial charge in [0.15, 0.2) is 5.60 Å². The largest absolute Gasteiger partial charge is 0.460 e. The monoisotopic (exact) mass is 313 g/mol. The van der Waals surface area contributed by atoms with E-state index in [9.17, 15) is 4.79 Å². The molecule has 0 spiro atoms. The van der Waals surface area contributed by atoms with Crippen molar-refractivity contribution in [3.63, 3.8) is 0 Å². The highest BCUT2D eigenvalue weighted by Crippen LogP contribution is 2.25. The second-order valence-electron chi connectivity index (χ2n) is 6.51. The van der Waals surface area contributed by atoms with Gasteiger partial charge in [-0.3, -0.25) is 4.79 Å². The Morgan fingerprint density at radius 2 is 1.83 bits per heavy atom. The van der Waals surface area contributed by atoms with Gasteiger partial charge in [0.2, 0.25) is 5.88 Å². The average Bonchev–Trinajstić information content (AvgIpc) is 3.18. The first-order chi connectivity index (χ1) is 11.0. The molecule has 0 aliphatic carbocycles. The number of rotatable bonds is 4. The summed E-state index contributed by atoms with van der Waals surface area (Å²) in [6.07, 6.45) is 4.06. The number of ether oxygens (including phenoxy) is 1. The van der Waals surface area contributed by atoms with Crippen LogP contribution in [0.25, 0.3) is 5.69 Å². The van der Waals surface area contributed by atoms with E-state index in [4.69, 9.17) is 4.74 Å². The molecule has 3 rings (SSSR count). The molecular formula is C18H23N3O2. The zero-order chi connectivity index (χ0) is 16.4. The Labute approximate surface area is 136 Å². The Morgan fingerprint density at radius 1 is 1.17 bits per heavy atom. The van der Waals surface area contributed by atoms with Gasteiger partial charge >= 0.3 is 0 Å². The highest BCUT2D eigenvalue weighted by molar-refractivity contribution is 5.85. The highest BCUT2D eigenvalue weighted by atomic mass is 16.5. The molecular weight excluding hydrogens is 290 g/mol. The minimum Gasteiger partial charge on any atom is -0.460 e. The summed E-state index contributed by atoms with van der Waals surface area (Å²) < 4.78 is 7.76. The van der Waals surface area contributed by atoms with Crippen LogP contribution in [0.5, 0.6) is 5.88 Å². The van der Waals surface area contributed by atoms with E-state index in [0.717, 1.165) is 37.2 Å². The Kier molecular flexibility index (Phi) is 4.11. The molecule has 1 amide bonds. The van der Waals surface area contributed by atoms with Crippen LogP contribution in [-0.4, -0.2) is 39.3 Å². The quantitative estimate of drug-likeness (QED) is 0.872. The van der Waals surface area contributed by atoms with Crippen LogP contribution < -0.4 is 4.74 Å². The van der Waals surface area contributed by atoms with Crippen molar-refractivity contribution >= 4 is 5.91 Å². The first-order valence-corrected chi connectivity index (χ1v) is 8.07. The SMILES string of the molecule is Cc1cn(-c2ccccc2)nc1OC(C)(C)C(=O)N1CCCC1. The van der Waals surface area contributed by atoms with Crippen LogP contribution in [0.3, 0.4) is 0 Å². The van der Waals surface area contributed by atoms with Crippen LogP contribution in [0, 0.1) is 6.92 Å². The van der Waals surface area contributed by atoms with Crippen LogP contribution in [0.4, 0.5) is 0 Å². The van der Waals surface area contributed by atoms with Crippen molar-refractivity contribution in [2.24, 2.45) is 0 Å². The predicted molar refractivity (Wildman–Crippen MR) is 88.8 cm³/mol. The van der Waals surface area contributed by atoms with Gasteiger partial charge < -0.3 is 9.64 Å². The lowest BCUT2D eigenvalue weighted by atomic mass is 10.1. The van der Waals surface area contributed by atoms with E-state index in [1.807, 2.05) is 62.2 Å². The fourth-order valence-corrected chi connectivity index (χ4v) is 2.84. The molecule has 1 aliphatic heterocycles. The molecule has 0 radical (unpaired) electrons. The Hall–Kier alpha value is -2.30. The van der Waals surface area contributed by atoms with Gasteiger partial charge in [-0.25, -0.2) is 4.68 Å². The lowest BCUT2D eigenvalue weighted by molar-refractivity contribution is -0.144. The normalized spacial score (nSPS) is 15.0. The Bertz CT molecular complexity index is 686. The Balaban J connectivity index is 1.79. The number of nitrogens with zero attached hydrogens (tertiary/aromatic N) is 3. The number of carbonyl (C=O) groups is 1. The molecule has 5 nitrogen and oxygen atoms in total. The first-order valence-electron chi connectivity index (χ1n) is 8.07. The molecule has 2 heterocycles. The molecule has 23 heavy (non-hydrogen) atoms. The number of likely N-dealkylation sites (tertiary alicyclic amines) is 1. The fraction of sp³-hybridized carbons (Fsp3) is 0.444. The minimum absolute atomic E-state index is 0.0312. The lowest BCUT2D eigenvalue weighted by Gasteiger charge is -2.29. The molecule has 0 atom stereocenters. The van der Waals surface area contributed by atoms with Gasteiger partial charge in [0.1, 0.15) is 0 Å². The molecule has 122 valence electrons. The summed E-state index contributed by atoms with van der Waals surface area (Å²) in [4.78, 5) is 14.5.